The number of fused-ring (bicyclic) bond motifs is 1. The van der Waals surface area contributed by atoms with Gasteiger partial charge in [0, 0.05) is 28.0 Å². The van der Waals surface area contributed by atoms with Crippen LogP contribution >= 0.6 is 11.6 Å². The van der Waals surface area contributed by atoms with Crippen LogP contribution in [-0.4, -0.2) is 23.3 Å². The number of halogens is 1. The zero-order valence-electron chi connectivity index (χ0n) is 14.7. The van der Waals surface area contributed by atoms with Gasteiger partial charge in [-0.2, -0.15) is 0 Å². The van der Waals surface area contributed by atoms with Gasteiger partial charge in [0.05, 0.1) is 5.69 Å². The molecule has 0 saturated heterocycles. The highest BCUT2D eigenvalue weighted by Crippen LogP contribution is 2.29. The summed E-state index contributed by atoms with van der Waals surface area (Å²) in [5.41, 5.74) is 3.14. The Labute approximate surface area is 156 Å². The normalized spacial score (nSPS) is 10.7. The number of carbonyl (C=O) groups is 2. The summed E-state index contributed by atoms with van der Waals surface area (Å²) >= 11 is 5.88. The van der Waals surface area contributed by atoms with E-state index >= 15 is 0 Å². The number of rotatable bonds is 5. The highest BCUT2D eigenvalue weighted by Gasteiger charge is 2.20. The summed E-state index contributed by atoms with van der Waals surface area (Å²) in [6.07, 6.45) is 0.831. The number of nitrogens with one attached hydrogen (secondary N) is 3. The van der Waals surface area contributed by atoms with Crippen molar-refractivity contribution in [2.45, 2.75) is 20.3 Å². The number of hydrogen-bond donors (Lipinski definition) is 3. The number of aryl methyl sites for hydroxylation is 1. The molecule has 0 aliphatic heterocycles. The van der Waals surface area contributed by atoms with Crippen molar-refractivity contribution >= 4 is 40.0 Å². The van der Waals surface area contributed by atoms with Gasteiger partial charge in [-0.25, -0.2) is 0 Å². The fraction of sp³-hybridized carbons (Fsp3) is 0.200. The second kappa shape index (κ2) is 7.62. The minimum atomic E-state index is -0.298. The van der Waals surface area contributed by atoms with Gasteiger partial charge in [0.15, 0.2) is 0 Å². The topological polar surface area (TPSA) is 74.0 Å². The molecule has 0 atom stereocenters. The van der Waals surface area contributed by atoms with Crippen LogP contribution in [-0.2, 0) is 0 Å². The van der Waals surface area contributed by atoms with E-state index in [4.69, 9.17) is 11.6 Å². The molecule has 5 nitrogen and oxygen atoms in total. The predicted octanol–water partition coefficient (Wildman–Crippen LogP) is 4.52. The predicted molar refractivity (Wildman–Crippen MR) is 105 cm³/mol. The van der Waals surface area contributed by atoms with Gasteiger partial charge in [-0.3, -0.25) is 9.59 Å². The molecule has 26 heavy (non-hydrogen) atoms. The third-order valence-electron chi connectivity index (χ3n) is 4.06. The number of amides is 2. The van der Waals surface area contributed by atoms with Crippen LogP contribution in [0.25, 0.3) is 10.9 Å². The van der Waals surface area contributed by atoms with E-state index in [1.807, 2.05) is 32.0 Å². The minimum Gasteiger partial charge on any atom is -0.351 e. The lowest BCUT2D eigenvalue weighted by Crippen LogP contribution is -2.26. The Kier molecular flexibility index (Phi) is 5.28. The molecule has 1 aromatic heterocycles. The zero-order chi connectivity index (χ0) is 18.7. The Hall–Kier alpha value is -2.79. The first-order chi connectivity index (χ1) is 12.5. The monoisotopic (exact) mass is 369 g/mol. The standard InChI is InChI=1S/C20H20ClN3O2/c1-3-10-22-20(26)18-17(15-11-12(2)4-9-16(15)23-18)24-19(25)13-5-7-14(21)8-6-13/h4-9,11,23H,3,10H2,1-2H3,(H,22,26)(H,24,25). The molecule has 3 aromatic rings. The molecule has 0 unspecified atom stereocenters. The first kappa shape index (κ1) is 18.0. The van der Waals surface area contributed by atoms with Crippen LogP contribution in [0.3, 0.4) is 0 Å². The Morgan fingerprint density at radius 2 is 1.81 bits per heavy atom. The summed E-state index contributed by atoms with van der Waals surface area (Å²) in [5.74, 6) is -0.541. The van der Waals surface area contributed by atoms with Gasteiger partial charge in [-0.1, -0.05) is 30.2 Å². The van der Waals surface area contributed by atoms with Crippen LogP contribution in [0.2, 0.25) is 5.02 Å². The molecule has 134 valence electrons. The Morgan fingerprint density at radius 1 is 1.08 bits per heavy atom. The van der Waals surface area contributed by atoms with Crippen LogP contribution in [0.4, 0.5) is 5.69 Å². The van der Waals surface area contributed by atoms with Gasteiger partial charge < -0.3 is 15.6 Å². The van der Waals surface area contributed by atoms with Crippen molar-refractivity contribution in [2.24, 2.45) is 0 Å². The van der Waals surface area contributed by atoms with Crippen LogP contribution in [0.1, 0.15) is 39.8 Å². The van der Waals surface area contributed by atoms with E-state index in [-0.39, 0.29) is 11.8 Å². The zero-order valence-corrected chi connectivity index (χ0v) is 15.4. The Balaban J connectivity index is 2.01. The minimum absolute atomic E-state index is 0.243. The van der Waals surface area contributed by atoms with Crippen LogP contribution in [0.5, 0.6) is 0 Å². The third-order valence-corrected chi connectivity index (χ3v) is 4.31. The van der Waals surface area contributed by atoms with E-state index in [0.29, 0.717) is 28.5 Å². The van der Waals surface area contributed by atoms with Crippen molar-refractivity contribution in [3.63, 3.8) is 0 Å². The fourth-order valence-corrected chi connectivity index (χ4v) is 2.85. The van der Waals surface area contributed by atoms with Crippen molar-refractivity contribution in [1.29, 1.82) is 0 Å². The van der Waals surface area contributed by atoms with Crippen molar-refractivity contribution in [2.75, 3.05) is 11.9 Å². The van der Waals surface area contributed by atoms with Crippen LogP contribution < -0.4 is 10.6 Å². The smallest absolute Gasteiger partial charge is 0.269 e. The number of benzene rings is 2. The maximum atomic E-state index is 12.6. The molecular weight excluding hydrogens is 350 g/mol. The first-order valence-corrected chi connectivity index (χ1v) is 8.85. The molecule has 0 aliphatic carbocycles. The van der Waals surface area contributed by atoms with Crippen LogP contribution in [0, 0.1) is 6.92 Å². The first-order valence-electron chi connectivity index (χ1n) is 8.47. The molecule has 0 radical (unpaired) electrons. The quantitative estimate of drug-likeness (QED) is 0.618. The molecule has 2 aromatic carbocycles. The lowest BCUT2D eigenvalue weighted by molar-refractivity contribution is 0.0950. The average molecular weight is 370 g/mol. The molecule has 0 bridgehead atoms. The van der Waals surface area contributed by atoms with Gasteiger partial charge in [0.2, 0.25) is 0 Å². The van der Waals surface area contributed by atoms with E-state index in [1.165, 1.54) is 0 Å². The molecule has 0 aliphatic rings. The van der Waals surface area contributed by atoms with Crippen molar-refractivity contribution in [1.82, 2.24) is 10.3 Å². The van der Waals surface area contributed by atoms with Gasteiger partial charge in [0.25, 0.3) is 11.8 Å². The van der Waals surface area contributed by atoms with Crippen molar-refractivity contribution < 1.29 is 9.59 Å². The summed E-state index contributed by atoms with van der Waals surface area (Å²) in [4.78, 5) is 28.3. The molecule has 0 saturated carbocycles. The summed E-state index contributed by atoms with van der Waals surface area (Å²) < 4.78 is 0. The van der Waals surface area contributed by atoms with Gasteiger partial charge >= 0.3 is 0 Å². The number of anilines is 1. The number of aromatic nitrogens is 1. The van der Waals surface area contributed by atoms with E-state index in [0.717, 1.165) is 22.9 Å². The largest absolute Gasteiger partial charge is 0.351 e. The second-order valence-electron chi connectivity index (χ2n) is 6.14. The maximum Gasteiger partial charge on any atom is 0.269 e. The SMILES string of the molecule is CCCNC(=O)c1[nH]c2ccc(C)cc2c1NC(=O)c1ccc(Cl)cc1. The van der Waals surface area contributed by atoms with E-state index in [1.54, 1.807) is 24.3 Å². The molecule has 3 N–H and O–H groups in total. The Morgan fingerprint density at radius 3 is 2.50 bits per heavy atom. The summed E-state index contributed by atoms with van der Waals surface area (Å²) in [5, 5.41) is 7.09. The molecular formula is C20H20ClN3O2. The molecule has 0 spiro atoms. The van der Waals surface area contributed by atoms with E-state index in [9.17, 15) is 9.59 Å². The van der Waals surface area contributed by atoms with E-state index in [2.05, 4.69) is 15.6 Å². The van der Waals surface area contributed by atoms with Crippen LogP contribution in [0.15, 0.2) is 42.5 Å². The highest BCUT2D eigenvalue weighted by molar-refractivity contribution is 6.30. The number of hydrogen-bond acceptors (Lipinski definition) is 2. The Bertz CT molecular complexity index is 961. The number of H-pyrrole nitrogens is 1. The molecule has 6 heteroatoms. The second-order valence-corrected chi connectivity index (χ2v) is 6.58. The summed E-state index contributed by atoms with van der Waals surface area (Å²) in [6, 6.07) is 12.4. The lowest BCUT2D eigenvalue weighted by atomic mass is 10.1. The average Bonchev–Trinajstić information content (AvgIpc) is 2.98. The van der Waals surface area contributed by atoms with Gasteiger partial charge in [-0.05, 0) is 49.7 Å². The summed E-state index contributed by atoms with van der Waals surface area (Å²) in [7, 11) is 0. The van der Waals surface area contributed by atoms with E-state index < -0.39 is 0 Å². The third kappa shape index (κ3) is 3.73. The summed E-state index contributed by atoms with van der Waals surface area (Å²) in [6.45, 7) is 4.52. The number of carbonyl (C=O) groups excluding carboxylic acids is 2. The molecule has 3 rings (SSSR count). The number of aromatic amines is 1. The van der Waals surface area contributed by atoms with Gasteiger partial charge in [-0.15, -0.1) is 0 Å². The molecule has 2 amide bonds. The molecule has 1 heterocycles. The fourth-order valence-electron chi connectivity index (χ4n) is 2.72. The van der Waals surface area contributed by atoms with Crippen molar-refractivity contribution in [3.8, 4) is 0 Å². The molecule has 0 fully saturated rings. The van der Waals surface area contributed by atoms with Crippen molar-refractivity contribution in [3.05, 3.63) is 64.3 Å². The van der Waals surface area contributed by atoms with Gasteiger partial charge in [0.1, 0.15) is 5.69 Å². The lowest BCUT2D eigenvalue weighted by Gasteiger charge is -2.08. The highest BCUT2D eigenvalue weighted by atomic mass is 35.5. The maximum absolute atomic E-state index is 12.6.